The maximum absolute atomic E-state index is 12.6. The summed E-state index contributed by atoms with van der Waals surface area (Å²) in [4.78, 5) is 26.3. The highest BCUT2D eigenvalue weighted by Crippen LogP contribution is 2.47. The van der Waals surface area contributed by atoms with Gasteiger partial charge in [-0.15, -0.1) is 0 Å². The van der Waals surface area contributed by atoms with Gasteiger partial charge in [0.25, 0.3) is 0 Å². The largest absolute Gasteiger partial charge is 0.444 e. The average molecular weight is 452 g/mol. The van der Waals surface area contributed by atoms with Gasteiger partial charge in [0.2, 0.25) is 0 Å². The molecule has 3 rings (SSSR count). The van der Waals surface area contributed by atoms with E-state index in [1.807, 2.05) is 27.7 Å². The van der Waals surface area contributed by atoms with Crippen molar-refractivity contribution in [3.63, 3.8) is 0 Å². The summed E-state index contributed by atoms with van der Waals surface area (Å²) in [5, 5.41) is 3.06. The Morgan fingerprint density at radius 2 is 2.00 bits per heavy atom. The first kappa shape index (κ1) is 23.8. The number of ether oxygens (including phenoxy) is 1. The van der Waals surface area contributed by atoms with Gasteiger partial charge in [0.05, 0.1) is 0 Å². The third-order valence-corrected chi connectivity index (χ3v) is 7.26. The molecule has 8 heteroatoms. The summed E-state index contributed by atoms with van der Waals surface area (Å²) < 4.78 is 20.4. The molecule has 3 aliphatic rings. The van der Waals surface area contributed by atoms with Crippen LogP contribution in [0.25, 0.3) is 0 Å². The zero-order valence-corrected chi connectivity index (χ0v) is 20.1. The number of carbonyl (C=O) groups is 2. The zero-order valence-electron chi connectivity index (χ0n) is 19.3. The van der Waals surface area contributed by atoms with Gasteiger partial charge in [-0.05, 0) is 83.3 Å². The van der Waals surface area contributed by atoms with E-state index < -0.39 is 16.6 Å². The number of urea groups is 1. The molecule has 0 saturated heterocycles. The van der Waals surface area contributed by atoms with Crippen LogP contribution in [0.2, 0.25) is 0 Å². The van der Waals surface area contributed by atoms with Crippen molar-refractivity contribution >= 4 is 23.1 Å². The van der Waals surface area contributed by atoms with Gasteiger partial charge in [0.1, 0.15) is 16.6 Å². The van der Waals surface area contributed by atoms with E-state index in [-0.39, 0.29) is 17.9 Å². The molecule has 2 fully saturated rings. The quantitative estimate of drug-likeness (QED) is 0.601. The van der Waals surface area contributed by atoms with Crippen molar-refractivity contribution in [2.75, 3.05) is 18.8 Å². The summed E-state index contributed by atoms with van der Waals surface area (Å²) in [6, 6.07) is -0.390. The van der Waals surface area contributed by atoms with E-state index in [1.165, 1.54) is 24.0 Å². The smallest absolute Gasteiger partial charge is 0.410 e. The second-order valence-electron chi connectivity index (χ2n) is 9.66. The van der Waals surface area contributed by atoms with Crippen molar-refractivity contribution in [3.05, 3.63) is 22.9 Å². The van der Waals surface area contributed by atoms with Gasteiger partial charge in [-0.2, -0.15) is 0 Å². The van der Waals surface area contributed by atoms with E-state index in [1.54, 1.807) is 4.90 Å². The topological polar surface area (TPSA) is 87.7 Å². The Kier molecular flexibility index (Phi) is 7.83. The number of nitrogens with one attached hydrogen (secondary N) is 2. The van der Waals surface area contributed by atoms with Gasteiger partial charge < -0.3 is 15.0 Å². The van der Waals surface area contributed by atoms with Crippen LogP contribution in [-0.4, -0.2) is 45.7 Å². The third kappa shape index (κ3) is 6.34. The molecule has 0 heterocycles. The zero-order chi connectivity index (χ0) is 22.6. The van der Waals surface area contributed by atoms with Crippen LogP contribution in [-0.2, 0) is 15.7 Å². The Morgan fingerprint density at radius 1 is 1.23 bits per heavy atom. The number of allylic oxidation sites excluding steroid dienone is 4. The molecular formula is C23H37N3O4S. The third-order valence-electron chi connectivity index (χ3n) is 6.19. The second kappa shape index (κ2) is 10.2. The molecule has 0 aliphatic heterocycles. The number of fused-ring (bicyclic) bond motifs is 2. The van der Waals surface area contributed by atoms with Gasteiger partial charge in [0.15, 0.2) is 0 Å². The minimum Gasteiger partial charge on any atom is -0.444 e. The minimum atomic E-state index is -1.50. The molecule has 0 aromatic carbocycles. The average Bonchev–Trinajstić information content (AvgIpc) is 3.32. The van der Waals surface area contributed by atoms with Crippen LogP contribution in [0.3, 0.4) is 0 Å². The molecule has 0 aromatic rings. The Morgan fingerprint density at radius 3 is 2.71 bits per heavy atom. The highest BCUT2D eigenvalue weighted by molar-refractivity contribution is 7.83. The standard InChI is InChI=1S/C23H37N3O4S/c1-5-26(22(28)30-23(2,3)4)13-8-14-31(29)25-21(27)24-20-18-11-6-9-16(18)15-17-10-7-12-19(17)20/h15-16,18H,5-14H2,1-4H3,(H2,24,25,27). The molecule has 3 aliphatic carbocycles. The minimum absolute atomic E-state index is 0.288. The molecule has 31 heavy (non-hydrogen) atoms. The van der Waals surface area contributed by atoms with E-state index in [0.29, 0.717) is 31.3 Å². The molecule has 7 nitrogen and oxygen atoms in total. The van der Waals surface area contributed by atoms with Gasteiger partial charge in [-0.1, -0.05) is 12.5 Å². The molecule has 0 aromatic heterocycles. The number of hydrogen-bond acceptors (Lipinski definition) is 4. The molecule has 0 spiro atoms. The van der Waals surface area contributed by atoms with Gasteiger partial charge in [-0.3, -0.25) is 4.72 Å². The van der Waals surface area contributed by atoms with Crippen molar-refractivity contribution in [1.82, 2.24) is 14.9 Å². The van der Waals surface area contributed by atoms with Crippen LogP contribution in [0.15, 0.2) is 22.9 Å². The Labute approximate surface area is 188 Å². The molecule has 0 radical (unpaired) electrons. The monoisotopic (exact) mass is 451 g/mol. The molecule has 3 unspecified atom stereocenters. The van der Waals surface area contributed by atoms with Crippen molar-refractivity contribution in [3.8, 4) is 0 Å². The normalized spacial score (nSPS) is 23.5. The van der Waals surface area contributed by atoms with Crippen LogP contribution >= 0.6 is 0 Å². The second-order valence-corrected chi connectivity index (χ2v) is 11.0. The predicted octanol–water partition coefficient (Wildman–Crippen LogP) is 4.39. The number of hydrogen-bond donors (Lipinski definition) is 2. The van der Waals surface area contributed by atoms with Crippen LogP contribution in [0, 0.1) is 11.8 Å². The molecule has 0 bridgehead atoms. The van der Waals surface area contributed by atoms with E-state index >= 15 is 0 Å². The molecule has 174 valence electrons. The summed E-state index contributed by atoms with van der Waals surface area (Å²) in [5.41, 5.74) is 3.23. The van der Waals surface area contributed by atoms with E-state index in [4.69, 9.17) is 4.74 Å². The highest BCUT2D eigenvalue weighted by atomic mass is 32.2. The molecular weight excluding hydrogens is 414 g/mol. The number of carbonyl (C=O) groups excluding carboxylic acids is 2. The van der Waals surface area contributed by atoms with Crippen molar-refractivity contribution < 1.29 is 18.5 Å². The van der Waals surface area contributed by atoms with Crippen LogP contribution in [0.4, 0.5) is 9.59 Å². The van der Waals surface area contributed by atoms with Crippen LogP contribution in [0.5, 0.6) is 0 Å². The molecule has 2 N–H and O–H groups in total. The van der Waals surface area contributed by atoms with Crippen molar-refractivity contribution in [2.24, 2.45) is 11.8 Å². The van der Waals surface area contributed by atoms with Gasteiger partial charge in [0, 0.05) is 30.5 Å². The first-order chi connectivity index (χ1) is 14.7. The van der Waals surface area contributed by atoms with E-state index in [0.717, 1.165) is 31.4 Å². The lowest BCUT2D eigenvalue weighted by molar-refractivity contribution is 0.0260. The summed E-state index contributed by atoms with van der Waals surface area (Å²) in [7, 11) is -1.50. The molecule has 2 saturated carbocycles. The van der Waals surface area contributed by atoms with Gasteiger partial charge >= 0.3 is 12.1 Å². The molecule has 3 amide bonds. The van der Waals surface area contributed by atoms with E-state index in [9.17, 15) is 13.8 Å². The number of rotatable bonds is 7. The Bertz CT molecular complexity index is 784. The highest BCUT2D eigenvalue weighted by Gasteiger charge is 2.37. The summed E-state index contributed by atoms with van der Waals surface area (Å²) >= 11 is 0. The SMILES string of the molecule is CCN(CCCS(=O)NC(=O)NC1=C2CCCC2=CC2CCCC12)C(=O)OC(C)(C)C. The maximum atomic E-state index is 12.6. The van der Waals surface area contributed by atoms with E-state index in [2.05, 4.69) is 16.1 Å². The fraction of sp³-hybridized carbons (Fsp3) is 0.739. The Balaban J connectivity index is 1.47. The number of amides is 3. The number of nitrogens with zero attached hydrogens (tertiary/aromatic N) is 1. The van der Waals surface area contributed by atoms with Gasteiger partial charge in [-0.25, -0.2) is 13.8 Å². The maximum Gasteiger partial charge on any atom is 0.410 e. The van der Waals surface area contributed by atoms with Crippen molar-refractivity contribution in [1.29, 1.82) is 0 Å². The van der Waals surface area contributed by atoms with Crippen molar-refractivity contribution in [2.45, 2.75) is 78.2 Å². The summed E-state index contributed by atoms with van der Waals surface area (Å²) in [6.45, 7) is 8.33. The fourth-order valence-corrected chi connectivity index (χ4v) is 5.60. The lowest BCUT2D eigenvalue weighted by atomic mass is 9.82. The summed E-state index contributed by atoms with van der Waals surface area (Å²) in [5.74, 6) is 1.21. The fourth-order valence-electron chi connectivity index (χ4n) is 4.85. The lowest BCUT2D eigenvalue weighted by Crippen LogP contribution is -2.41. The summed E-state index contributed by atoms with van der Waals surface area (Å²) in [6.07, 6.45) is 9.33. The lowest BCUT2D eigenvalue weighted by Gasteiger charge is -2.28. The predicted molar refractivity (Wildman–Crippen MR) is 123 cm³/mol. The first-order valence-electron chi connectivity index (χ1n) is 11.6. The Hall–Kier alpha value is -1.83. The van der Waals surface area contributed by atoms with Crippen LogP contribution < -0.4 is 10.0 Å². The first-order valence-corrected chi connectivity index (χ1v) is 12.9. The molecule has 3 atom stereocenters. The van der Waals surface area contributed by atoms with Crippen LogP contribution in [0.1, 0.15) is 72.6 Å².